The van der Waals surface area contributed by atoms with Crippen LogP contribution in [0.2, 0.25) is 0 Å². The molecular formula is C10H11FO2. The second kappa shape index (κ2) is 3.56. The number of aromatic carboxylic acids is 1. The zero-order valence-corrected chi connectivity index (χ0v) is 7.60. The summed E-state index contributed by atoms with van der Waals surface area (Å²) in [5, 5.41) is 8.69. The summed E-state index contributed by atoms with van der Waals surface area (Å²) in [4.78, 5) is 10.6. The molecule has 0 atom stereocenters. The van der Waals surface area contributed by atoms with Crippen molar-refractivity contribution in [2.75, 3.05) is 0 Å². The second-order valence-electron chi connectivity index (χ2n) is 2.92. The number of rotatable bonds is 2. The maximum atomic E-state index is 13.1. The van der Waals surface area contributed by atoms with Gasteiger partial charge in [-0.3, -0.25) is 0 Å². The highest BCUT2D eigenvalue weighted by Gasteiger charge is 2.10. The summed E-state index contributed by atoms with van der Waals surface area (Å²) in [5.74, 6) is -1.52. The summed E-state index contributed by atoms with van der Waals surface area (Å²) in [7, 11) is 0. The predicted molar refractivity (Wildman–Crippen MR) is 47.5 cm³/mol. The average molecular weight is 182 g/mol. The molecule has 0 fully saturated rings. The summed E-state index contributed by atoms with van der Waals surface area (Å²) < 4.78 is 13.1. The lowest BCUT2D eigenvalue weighted by atomic mass is 10.0. The molecule has 2 nitrogen and oxygen atoms in total. The predicted octanol–water partition coefficient (Wildman–Crippen LogP) is 2.39. The Bertz CT molecular complexity index is 345. The number of hydrogen-bond donors (Lipinski definition) is 1. The normalized spacial score (nSPS) is 10.1. The van der Waals surface area contributed by atoms with Gasteiger partial charge in [0.2, 0.25) is 0 Å². The van der Waals surface area contributed by atoms with Gasteiger partial charge in [-0.05, 0) is 30.5 Å². The first-order valence-corrected chi connectivity index (χ1v) is 4.08. The molecule has 0 saturated heterocycles. The molecule has 1 aromatic carbocycles. The highest BCUT2D eigenvalue weighted by molar-refractivity contribution is 5.89. The van der Waals surface area contributed by atoms with Crippen molar-refractivity contribution in [2.45, 2.75) is 20.3 Å². The van der Waals surface area contributed by atoms with Crippen LogP contribution in [0.15, 0.2) is 12.1 Å². The molecule has 0 aliphatic heterocycles. The largest absolute Gasteiger partial charge is 0.478 e. The molecule has 0 unspecified atom stereocenters. The van der Waals surface area contributed by atoms with Crippen molar-refractivity contribution in [3.8, 4) is 0 Å². The number of benzene rings is 1. The van der Waals surface area contributed by atoms with Crippen molar-refractivity contribution < 1.29 is 14.3 Å². The molecule has 0 heterocycles. The van der Waals surface area contributed by atoms with Crippen LogP contribution in [0.1, 0.15) is 28.4 Å². The lowest BCUT2D eigenvalue weighted by Crippen LogP contribution is -2.02. The molecule has 3 heteroatoms. The third-order valence-corrected chi connectivity index (χ3v) is 2.00. The van der Waals surface area contributed by atoms with E-state index < -0.39 is 11.8 Å². The Morgan fingerprint density at radius 3 is 2.62 bits per heavy atom. The monoisotopic (exact) mass is 182 g/mol. The standard InChI is InChI=1S/C10H11FO2/c1-3-7-4-6(2)8(10(12)13)5-9(7)11/h4-5H,3H2,1-2H3,(H,12,13). The van der Waals surface area contributed by atoms with E-state index in [0.717, 1.165) is 6.07 Å². The van der Waals surface area contributed by atoms with Gasteiger partial charge < -0.3 is 5.11 Å². The van der Waals surface area contributed by atoms with Crippen molar-refractivity contribution in [1.82, 2.24) is 0 Å². The first-order valence-electron chi connectivity index (χ1n) is 4.08. The smallest absolute Gasteiger partial charge is 0.336 e. The Balaban J connectivity index is 3.28. The molecule has 1 N–H and O–H groups in total. The summed E-state index contributed by atoms with van der Waals surface area (Å²) in [5.41, 5.74) is 1.20. The van der Waals surface area contributed by atoms with Gasteiger partial charge in [-0.2, -0.15) is 0 Å². The Kier molecular flexibility index (Phi) is 2.66. The van der Waals surface area contributed by atoms with Gasteiger partial charge in [-0.15, -0.1) is 0 Å². The van der Waals surface area contributed by atoms with Crippen molar-refractivity contribution in [1.29, 1.82) is 0 Å². The summed E-state index contributed by atoms with van der Waals surface area (Å²) in [6.45, 7) is 3.50. The minimum absolute atomic E-state index is 0.0368. The number of carboxylic acids is 1. The van der Waals surface area contributed by atoms with E-state index in [9.17, 15) is 9.18 Å². The van der Waals surface area contributed by atoms with Gasteiger partial charge in [0.25, 0.3) is 0 Å². The van der Waals surface area contributed by atoms with E-state index in [2.05, 4.69) is 0 Å². The molecule has 0 bridgehead atoms. The van der Waals surface area contributed by atoms with Gasteiger partial charge >= 0.3 is 5.97 Å². The fourth-order valence-electron chi connectivity index (χ4n) is 1.24. The van der Waals surface area contributed by atoms with E-state index in [0.29, 0.717) is 17.5 Å². The Morgan fingerprint density at radius 1 is 1.54 bits per heavy atom. The third kappa shape index (κ3) is 1.86. The topological polar surface area (TPSA) is 37.3 Å². The molecule has 1 aromatic rings. The summed E-state index contributed by atoms with van der Waals surface area (Å²) in [6, 6.07) is 2.66. The van der Waals surface area contributed by atoms with Crippen molar-refractivity contribution in [2.24, 2.45) is 0 Å². The molecule has 0 aromatic heterocycles. The van der Waals surface area contributed by atoms with Crippen LogP contribution in [0, 0.1) is 12.7 Å². The number of halogens is 1. The first-order chi connectivity index (χ1) is 6.06. The maximum absolute atomic E-state index is 13.1. The van der Waals surface area contributed by atoms with Crippen LogP contribution >= 0.6 is 0 Å². The van der Waals surface area contributed by atoms with E-state index in [4.69, 9.17) is 5.11 Å². The zero-order valence-electron chi connectivity index (χ0n) is 7.60. The fourth-order valence-corrected chi connectivity index (χ4v) is 1.24. The fraction of sp³-hybridized carbons (Fsp3) is 0.300. The number of hydrogen-bond acceptors (Lipinski definition) is 1. The summed E-state index contributed by atoms with van der Waals surface area (Å²) in [6.07, 6.45) is 0.576. The molecule has 1 rings (SSSR count). The van der Waals surface area contributed by atoms with Crippen LogP contribution in [0.4, 0.5) is 4.39 Å². The lowest BCUT2D eigenvalue weighted by molar-refractivity contribution is 0.0695. The van der Waals surface area contributed by atoms with Gasteiger partial charge in [-0.1, -0.05) is 13.0 Å². The van der Waals surface area contributed by atoms with E-state index in [1.807, 2.05) is 6.92 Å². The van der Waals surface area contributed by atoms with E-state index in [-0.39, 0.29) is 5.56 Å². The zero-order chi connectivity index (χ0) is 10.0. The minimum atomic E-state index is -1.08. The van der Waals surface area contributed by atoms with Gasteiger partial charge in [0.15, 0.2) is 0 Å². The SMILES string of the molecule is CCc1cc(C)c(C(=O)O)cc1F. The van der Waals surface area contributed by atoms with Crippen molar-refractivity contribution in [3.63, 3.8) is 0 Å². The molecule has 0 radical (unpaired) electrons. The Labute approximate surface area is 76.0 Å². The van der Waals surface area contributed by atoms with Crippen LogP contribution in [0.25, 0.3) is 0 Å². The molecule has 0 saturated carbocycles. The van der Waals surface area contributed by atoms with Crippen molar-refractivity contribution in [3.05, 3.63) is 34.6 Å². The summed E-state index contributed by atoms with van der Waals surface area (Å²) >= 11 is 0. The Hall–Kier alpha value is -1.38. The molecule has 0 aliphatic carbocycles. The van der Waals surface area contributed by atoms with Gasteiger partial charge in [-0.25, -0.2) is 9.18 Å². The molecule has 70 valence electrons. The molecule has 0 aliphatic rings. The van der Waals surface area contributed by atoms with E-state index >= 15 is 0 Å². The van der Waals surface area contributed by atoms with Gasteiger partial charge in [0, 0.05) is 0 Å². The highest BCUT2D eigenvalue weighted by atomic mass is 19.1. The van der Waals surface area contributed by atoms with Crippen LogP contribution in [0.3, 0.4) is 0 Å². The molecule has 13 heavy (non-hydrogen) atoms. The number of aryl methyl sites for hydroxylation is 2. The Morgan fingerprint density at radius 2 is 2.15 bits per heavy atom. The number of carboxylic acid groups (broad SMARTS) is 1. The van der Waals surface area contributed by atoms with Crippen LogP contribution in [-0.2, 0) is 6.42 Å². The van der Waals surface area contributed by atoms with Crippen molar-refractivity contribution >= 4 is 5.97 Å². The van der Waals surface area contributed by atoms with E-state index in [1.165, 1.54) is 0 Å². The van der Waals surface area contributed by atoms with Crippen LogP contribution in [0.5, 0.6) is 0 Å². The first kappa shape index (κ1) is 9.71. The molecular weight excluding hydrogens is 171 g/mol. The van der Waals surface area contributed by atoms with Crippen LogP contribution in [-0.4, -0.2) is 11.1 Å². The average Bonchev–Trinajstić information content (AvgIpc) is 2.07. The van der Waals surface area contributed by atoms with E-state index in [1.54, 1.807) is 13.0 Å². The number of carbonyl (C=O) groups is 1. The van der Waals surface area contributed by atoms with Gasteiger partial charge in [0.05, 0.1) is 5.56 Å². The second-order valence-corrected chi connectivity index (χ2v) is 2.92. The highest BCUT2D eigenvalue weighted by Crippen LogP contribution is 2.15. The third-order valence-electron chi connectivity index (χ3n) is 2.00. The lowest BCUT2D eigenvalue weighted by Gasteiger charge is -2.04. The molecule has 0 spiro atoms. The molecule has 0 amide bonds. The van der Waals surface area contributed by atoms with Crippen LogP contribution < -0.4 is 0 Å². The minimum Gasteiger partial charge on any atom is -0.478 e. The van der Waals surface area contributed by atoms with Gasteiger partial charge in [0.1, 0.15) is 5.82 Å². The quantitative estimate of drug-likeness (QED) is 0.762. The maximum Gasteiger partial charge on any atom is 0.336 e.